The fourth-order valence-electron chi connectivity index (χ4n) is 6.12. The van der Waals surface area contributed by atoms with E-state index in [9.17, 15) is 14.7 Å². The molecule has 0 radical (unpaired) electrons. The number of nitrogens with zero attached hydrogens (tertiary/aromatic N) is 5. The summed E-state index contributed by atoms with van der Waals surface area (Å²) in [5, 5.41) is 22.1. The summed E-state index contributed by atoms with van der Waals surface area (Å²) in [5.41, 5.74) is 6.35. The lowest BCUT2D eigenvalue weighted by atomic mass is 9.91. The fourth-order valence-corrected chi connectivity index (χ4v) is 7.14. The van der Waals surface area contributed by atoms with E-state index in [1.807, 2.05) is 79.8 Å². The Hall–Kier alpha value is -4.68. The van der Waals surface area contributed by atoms with Crippen LogP contribution in [0.25, 0.3) is 11.1 Å². The molecule has 1 N–H and O–H groups in total. The second kappa shape index (κ2) is 13.2. The van der Waals surface area contributed by atoms with Crippen LogP contribution in [0.5, 0.6) is 0 Å². The van der Waals surface area contributed by atoms with Crippen molar-refractivity contribution in [3.05, 3.63) is 130 Å². The largest absolute Gasteiger partial charge is 0.392 e. The lowest BCUT2D eigenvalue weighted by Crippen LogP contribution is -2.38. The van der Waals surface area contributed by atoms with E-state index in [1.165, 1.54) is 16.7 Å². The SMILES string of the molecule is C[C@H]1[C@@H](CSc2nnnn2C)O[C@@H](c2ccc(-c3ccccc3CN3C(=O)c4ccccc4C3=O)cc2)O[C@H]1c1ccc(CO)cc1. The van der Waals surface area contributed by atoms with Gasteiger partial charge in [-0.2, -0.15) is 0 Å². The van der Waals surface area contributed by atoms with Crippen molar-refractivity contribution in [3.8, 4) is 11.1 Å². The topological polar surface area (TPSA) is 120 Å². The zero-order valence-electron chi connectivity index (χ0n) is 25.9. The van der Waals surface area contributed by atoms with Crippen LogP contribution >= 0.6 is 11.8 Å². The number of amides is 2. The van der Waals surface area contributed by atoms with Crippen LogP contribution in [0.15, 0.2) is 102 Å². The molecule has 0 spiro atoms. The lowest BCUT2D eigenvalue weighted by Gasteiger charge is -2.41. The number of benzene rings is 4. The van der Waals surface area contributed by atoms with Crippen LogP contribution in [-0.2, 0) is 29.7 Å². The number of thioether (sulfide) groups is 1. The van der Waals surface area contributed by atoms with Crippen LogP contribution < -0.4 is 0 Å². The molecule has 0 aliphatic carbocycles. The van der Waals surface area contributed by atoms with Gasteiger partial charge in [0.2, 0.25) is 5.16 Å². The zero-order valence-corrected chi connectivity index (χ0v) is 26.7. The number of aryl methyl sites for hydroxylation is 1. The van der Waals surface area contributed by atoms with E-state index in [1.54, 1.807) is 28.9 Å². The van der Waals surface area contributed by atoms with Gasteiger partial charge in [-0.3, -0.25) is 14.5 Å². The summed E-state index contributed by atoms with van der Waals surface area (Å²) in [6.45, 7) is 2.27. The van der Waals surface area contributed by atoms with Crippen LogP contribution in [0.3, 0.4) is 0 Å². The predicted octanol–water partition coefficient (Wildman–Crippen LogP) is 5.75. The van der Waals surface area contributed by atoms with E-state index in [-0.39, 0.29) is 43.1 Å². The minimum Gasteiger partial charge on any atom is -0.392 e. The van der Waals surface area contributed by atoms with Gasteiger partial charge in [0.1, 0.15) is 0 Å². The van der Waals surface area contributed by atoms with Crippen LogP contribution in [0.1, 0.15) is 62.3 Å². The average molecular weight is 648 g/mol. The molecule has 0 bridgehead atoms. The van der Waals surface area contributed by atoms with Gasteiger partial charge in [0.25, 0.3) is 11.8 Å². The zero-order chi connectivity index (χ0) is 32.5. The first-order valence-corrected chi connectivity index (χ1v) is 16.4. The summed E-state index contributed by atoms with van der Waals surface area (Å²) in [5.74, 6) is 0.0952. The molecule has 1 aromatic heterocycles. The van der Waals surface area contributed by atoms with Gasteiger partial charge in [0, 0.05) is 24.3 Å². The highest BCUT2D eigenvalue weighted by Gasteiger charge is 2.39. The number of aliphatic hydroxyl groups excluding tert-OH is 1. The quantitative estimate of drug-likeness (QED) is 0.158. The average Bonchev–Trinajstić information content (AvgIpc) is 3.63. The van der Waals surface area contributed by atoms with E-state index >= 15 is 0 Å². The Kier molecular flexibility index (Phi) is 8.70. The summed E-state index contributed by atoms with van der Waals surface area (Å²) in [6, 6.07) is 30.6. The van der Waals surface area contributed by atoms with Gasteiger partial charge in [-0.1, -0.05) is 104 Å². The fraction of sp³-hybridized carbons (Fsp3) is 0.250. The molecule has 7 rings (SSSR count). The molecule has 1 fully saturated rings. The molecule has 2 aliphatic rings. The Morgan fingerprint density at radius 1 is 0.809 bits per heavy atom. The molecule has 5 aromatic rings. The van der Waals surface area contributed by atoms with Crippen molar-refractivity contribution in [2.24, 2.45) is 13.0 Å². The Morgan fingerprint density at radius 2 is 1.45 bits per heavy atom. The van der Waals surface area contributed by atoms with Gasteiger partial charge >= 0.3 is 0 Å². The number of ether oxygens (including phenoxy) is 2. The lowest BCUT2D eigenvalue weighted by molar-refractivity contribution is -0.268. The number of hydrogen-bond donors (Lipinski definition) is 1. The minimum atomic E-state index is -0.625. The van der Waals surface area contributed by atoms with Crippen LogP contribution in [0, 0.1) is 5.92 Å². The van der Waals surface area contributed by atoms with Crippen molar-refractivity contribution < 1.29 is 24.2 Å². The maximum absolute atomic E-state index is 13.1. The first-order valence-electron chi connectivity index (χ1n) is 15.4. The molecule has 0 unspecified atom stereocenters. The van der Waals surface area contributed by atoms with Gasteiger partial charge in [0.15, 0.2) is 6.29 Å². The number of carbonyl (C=O) groups excluding carboxylic acids is 2. The highest BCUT2D eigenvalue weighted by molar-refractivity contribution is 7.99. The van der Waals surface area contributed by atoms with Crippen molar-refractivity contribution in [1.29, 1.82) is 0 Å². The molecule has 238 valence electrons. The molecule has 2 aliphatic heterocycles. The standard InChI is InChI=1S/C36H33N5O5S/c1-22-31(21-47-36-37-38-39-40(36)2)45-35(46-32(22)25-13-11-23(20-42)12-14-25)26-17-15-24(16-18-26)28-8-4-3-7-27(28)19-41-33(43)29-9-5-6-10-30(29)34(41)44/h3-18,22,31-32,35,42H,19-21H2,1-2H3/t22-,31+,32+,35+/m0/s1. The molecule has 3 heterocycles. The molecule has 1 saturated heterocycles. The van der Waals surface area contributed by atoms with Crippen LogP contribution in [0.2, 0.25) is 0 Å². The molecule has 47 heavy (non-hydrogen) atoms. The minimum absolute atomic E-state index is 0.0215. The third kappa shape index (κ3) is 6.10. The van der Waals surface area contributed by atoms with Crippen molar-refractivity contribution in [2.45, 2.75) is 43.7 Å². The summed E-state index contributed by atoms with van der Waals surface area (Å²) >= 11 is 1.54. The number of aliphatic hydroxyl groups is 1. The maximum atomic E-state index is 13.1. The third-order valence-corrected chi connectivity index (χ3v) is 9.90. The van der Waals surface area contributed by atoms with Crippen molar-refractivity contribution >= 4 is 23.6 Å². The molecule has 11 heteroatoms. The van der Waals surface area contributed by atoms with Crippen LogP contribution in [0.4, 0.5) is 0 Å². The number of rotatable bonds is 9. The smallest absolute Gasteiger partial charge is 0.261 e. The first kappa shape index (κ1) is 30.9. The Balaban J connectivity index is 1.13. The van der Waals surface area contributed by atoms with Crippen molar-refractivity contribution in [2.75, 3.05) is 5.75 Å². The maximum Gasteiger partial charge on any atom is 0.261 e. The summed E-state index contributed by atoms with van der Waals surface area (Å²) in [6.07, 6.45) is -1.04. The number of tetrazole rings is 1. The summed E-state index contributed by atoms with van der Waals surface area (Å²) in [7, 11) is 1.81. The number of aromatic nitrogens is 4. The molecule has 0 saturated carbocycles. The molecule has 10 nitrogen and oxygen atoms in total. The van der Waals surface area contributed by atoms with Crippen LogP contribution in [-0.4, -0.2) is 53.9 Å². The van der Waals surface area contributed by atoms with Gasteiger partial charge in [-0.25, -0.2) is 4.68 Å². The summed E-state index contributed by atoms with van der Waals surface area (Å²) < 4.78 is 14.9. The van der Waals surface area contributed by atoms with E-state index in [2.05, 4.69) is 22.4 Å². The van der Waals surface area contributed by atoms with Gasteiger partial charge < -0.3 is 14.6 Å². The highest BCUT2D eigenvalue weighted by Crippen LogP contribution is 2.43. The van der Waals surface area contributed by atoms with E-state index in [0.717, 1.165) is 33.4 Å². The Morgan fingerprint density at radius 3 is 2.09 bits per heavy atom. The third-order valence-electron chi connectivity index (χ3n) is 8.80. The van der Waals surface area contributed by atoms with E-state index in [0.29, 0.717) is 22.0 Å². The molecular weight excluding hydrogens is 614 g/mol. The second-order valence-electron chi connectivity index (χ2n) is 11.7. The number of imide groups is 1. The molecule has 4 aromatic carbocycles. The van der Waals surface area contributed by atoms with E-state index in [4.69, 9.17) is 9.47 Å². The molecule has 2 amide bonds. The molecule has 4 atom stereocenters. The number of hydrogen-bond acceptors (Lipinski definition) is 9. The highest BCUT2D eigenvalue weighted by atomic mass is 32.2. The monoisotopic (exact) mass is 647 g/mol. The Bertz CT molecular complexity index is 1880. The summed E-state index contributed by atoms with van der Waals surface area (Å²) in [4.78, 5) is 27.5. The van der Waals surface area contributed by atoms with Gasteiger partial charge in [-0.15, -0.1) is 5.10 Å². The van der Waals surface area contributed by atoms with Crippen molar-refractivity contribution in [3.63, 3.8) is 0 Å². The molecular formula is C36H33N5O5S. The number of fused-ring (bicyclic) bond motifs is 1. The van der Waals surface area contributed by atoms with Gasteiger partial charge in [0.05, 0.1) is 36.5 Å². The second-order valence-corrected chi connectivity index (χ2v) is 12.7. The number of carbonyl (C=O) groups is 2. The van der Waals surface area contributed by atoms with Crippen molar-refractivity contribution in [1.82, 2.24) is 25.1 Å². The Labute approximate surface area is 276 Å². The predicted molar refractivity (Wildman–Crippen MR) is 175 cm³/mol. The normalized spacial score (nSPS) is 20.9. The van der Waals surface area contributed by atoms with Gasteiger partial charge in [-0.05, 0) is 50.4 Å². The first-order chi connectivity index (χ1) is 22.9. The van der Waals surface area contributed by atoms with E-state index < -0.39 is 6.29 Å².